The number of hydrogen-bond donors (Lipinski definition) is 2. The van der Waals surface area contributed by atoms with E-state index in [1.165, 1.54) is 7.11 Å². The smallest absolute Gasteiger partial charge is 0.250 e. The molecule has 1 aliphatic heterocycles. The third-order valence-electron chi connectivity index (χ3n) is 6.54. The van der Waals surface area contributed by atoms with E-state index in [0.717, 1.165) is 28.5 Å². The van der Waals surface area contributed by atoms with Crippen LogP contribution in [0.1, 0.15) is 23.5 Å². The van der Waals surface area contributed by atoms with Crippen molar-refractivity contribution in [3.05, 3.63) is 96.6 Å². The van der Waals surface area contributed by atoms with E-state index in [1.54, 1.807) is 20.4 Å². The van der Waals surface area contributed by atoms with Gasteiger partial charge in [-0.05, 0) is 78.9 Å². The standard InChI is InChI=1S/C29H29N5O4S/c1-36-18-26(35)31-23-17-20(11-14-25(23)38-3)34-28(27(32-29(34)39)22-7-4-5-15-30-22)24-8-6-16-33(24)19-9-12-21(37-2)13-10-19/h4-17,27-28H,18H2,1-3H3,(H,31,35)(H,32,39)/t27-,28-/m1/s1. The Morgan fingerprint density at radius 3 is 2.49 bits per heavy atom. The van der Waals surface area contributed by atoms with Crippen molar-refractivity contribution in [2.75, 3.05) is 38.2 Å². The predicted octanol–water partition coefficient (Wildman–Crippen LogP) is 4.65. The number of benzene rings is 2. The maximum absolute atomic E-state index is 12.3. The first-order valence-corrected chi connectivity index (χ1v) is 12.7. The van der Waals surface area contributed by atoms with Crippen molar-refractivity contribution < 1.29 is 19.0 Å². The summed E-state index contributed by atoms with van der Waals surface area (Å²) in [6.45, 7) is -0.0726. The summed E-state index contributed by atoms with van der Waals surface area (Å²) in [5, 5.41) is 6.90. The molecule has 9 nitrogen and oxygen atoms in total. The summed E-state index contributed by atoms with van der Waals surface area (Å²) in [6.07, 6.45) is 3.80. The highest BCUT2D eigenvalue weighted by molar-refractivity contribution is 7.80. The van der Waals surface area contributed by atoms with Gasteiger partial charge in [-0.25, -0.2) is 0 Å². The van der Waals surface area contributed by atoms with Gasteiger partial charge in [-0.1, -0.05) is 6.07 Å². The van der Waals surface area contributed by atoms with Crippen LogP contribution in [-0.2, 0) is 9.53 Å². The Labute approximate surface area is 232 Å². The zero-order valence-electron chi connectivity index (χ0n) is 21.8. The zero-order chi connectivity index (χ0) is 27.4. The molecule has 5 rings (SSSR count). The molecule has 1 amide bonds. The molecule has 1 aliphatic rings. The number of carbonyl (C=O) groups excluding carboxylic acids is 1. The average Bonchev–Trinajstić information content (AvgIpc) is 3.58. The molecular weight excluding hydrogens is 514 g/mol. The van der Waals surface area contributed by atoms with Crippen LogP contribution in [0.2, 0.25) is 0 Å². The molecule has 0 bridgehead atoms. The van der Waals surface area contributed by atoms with Crippen LogP contribution in [0.25, 0.3) is 5.69 Å². The third-order valence-corrected chi connectivity index (χ3v) is 6.86. The summed E-state index contributed by atoms with van der Waals surface area (Å²) in [6, 6.07) is 22.9. The molecule has 0 radical (unpaired) electrons. The SMILES string of the molecule is COCC(=O)Nc1cc(N2C(=S)N[C@H](c3ccccn3)[C@H]2c2cccn2-c2ccc(OC)cc2)ccc1OC. The van der Waals surface area contributed by atoms with E-state index in [4.69, 9.17) is 26.4 Å². The van der Waals surface area contributed by atoms with Crippen LogP contribution in [-0.4, -0.2) is 48.5 Å². The molecule has 39 heavy (non-hydrogen) atoms. The number of pyridine rings is 1. The van der Waals surface area contributed by atoms with Gasteiger partial charge >= 0.3 is 0 Å². The molecule has 0 saturated carbocycles. The number of amides is 1. The molecular formula is C29H29N5O4S. The topological polar surface area (TPSA) is 89.9 Å². The van der Waals surface area contributed by atoms with Crippen molar-refractivity contribution in [1.82, 2.24) is 14.9 Å². The van der Waals surface area contributed by atoms with E-state index >= 15 is 0 Å². The minimum atomic E-state index is -0.286. The van der Waals surface area contributed by atoms with E-state index in [-0.39, 0.29) is 24.6 Å². The monoisotopic (exact) mass is 543 g/mol. The summed E-state index contributed by atoms with van der Waals surface area (Å²) in [4.78, 5) is 19.0. The van der Waals surface area contributed by atoms with Gasteiger partial charge in [0.15, 0.2) is 5.11 Å². The van der Waals surface area contributed by atoms with E-state index in [0.29, 0.717) is 16.5 Å². The quantitative estimate of drug-likeness (QED) is 0.295. The van der Waals surface area contributed by atoms with Gasteiger partial charge in [0.25, 0.3) is 0 Å². The Hall–Kier alpha value is -4.41. The first-order valence-electron chi connectivity index (χ1n) is 12.3. The highest BCUT2D eigenvalue weighted by Gasteiger charge is 2.42. The molecule has 0 spiro atoms. The zero-order valence-corrected chi connectivity index (χ0v) is 22.6. The summed E-state index contributed by atoms with van der Waals surface area (Å²) >= 11 is 5.90. The molecule has 2 atom stereocenters. The van der Waals surface area contributed by atoms with E-state index in [2.05, 4.69) is 31.2 Å². The maximum atomic E-state index is 12.3. The molecule has 0 aliphatic carbocycles. The number of carbonyl (C=O) groups is 1. The molecule has 1 saturated heterocycles. The Balaban J connectivity index is 1.61. The number of nitrogens with zero attached hydrogens (tertiary/aromatic N) is 3. The number of methoxy groups -OCH3 is 3. The van der Waals surface area contributed by atoms with Crippen LogP contribution in [0.3, 0.4) is 0 Å². The lowest BCUT2D eigenvalue weighted by Gasteiger charge is -2.29. The van der Waals surface area contributed by atoms with Crippen LogP contribution >= 0.6 is 12.2 Å². The number of hydrogen-bond acceptors (Lipinski definition) is 6. The molecule has 4 aromatic rings. The summed E-state index contributed by atoms with van der Waals surface area (Å²) < 4.78 is 18.0. The van der Waals surface area contributed by atoms with Gasteiger partial charge < -0.3 is 34.3 Å². The number of rotatable bonds is 9. The molecule has 2 N–H and O–H groups in total. The van der Waals surface area contributed by atoms with Crippen molar-refractivity contribution in [2.45, 2.75) is 12.1 Å². The van der Waals surface area contributed by atoms with Crippen molar-refractivity contribution in [1.29, 1.82) is 0 Å². The van der Waals surface area contributed by atoms with Gasteiger partial charge in [0, 0.05) is 36.6 Å². The number of nitrogens with one attached hydrogen (secondary N) is 2. The summed E-state index contributed by atoms with van der Waals surface area (Å²) in [5.41, 5.74) is 4.15. The highest BCUT2D eigenvalue weighted by atomic mass is 32.1. The lowest BCUT2D eigenvalue weighted by Crippen LogP contribution is -2.30. The van der Waals surface area contributed by atoms with Crippen molar-refractivity contribution in [3.8, 4) is 17.2 Å². The van der Waals surface area contributed by atoms with E-state index in [9.17, 15) is 4.79 Å². The highest BCUT2D eigenvalue weighted by Crippen LogP contribution is 2.43. The molecule has 2 aromatic carbocycles. The lowest BCUT2D eigenvalue weighted by atomic mass is 10.0. The van der Waals surface area contributed by atoms with Crippen LogP contribution in [0.15, 0.2) is 85.2 Å². The molecule has 1 fully saturated rings. The number of thiocarbonyl (C=S) groups is 1. The van der Waals surface area contributed by atoms with Crippen LogP contribution in [0.4, 0.5) is 11.4 Å². The normalized spacial score (nSPS) is 16.6. The van der Waals surface area contributed by atoms with E-state index in [1.807, 2.05) is 72.9 Å². The summed E-state index contributed by atoms with van der Waals surface area (Å²) in [5.74, 6) is 1.03. The largest absolute Gasteiger partial charge is 0.497 e. The lowest BCUT2D eigenvalue weighted by molar-refractivity contribution is -0.119. The Morgan fingerprint density at radius 1 is 1.00 bits per heavy atom. The van der Waals surface area contributed by atoms with Gasteiger partial charge in [-0.3, -0.25) is 9.78 Å². The van der Waals surface area contributed by atoms with Gasteiger partial charge in [0.2, 0.25) is 5.91 Å². The first-order chi connectivity index (χ1) is 19.0. The van der Waals surface area contributed by atoms with Crippen molar-refractivity contribution in [3.63, 3.8) is 0 Å². The van der Waals surface area contributed by atoms with Crippen LogP contribution in [0, 0.1) is 0 Å². The minimum absolute atomic E-state index is 0.0726. The average molecular weight is 544 g/mol. The first kappa shape index (κ1) is 26.2. The minimum Gasteiger partial charge on any atom is -0.497 e. The summed E-state index contributed by atoms with van der Waals surface area (Å²) in [7, 11) is 4.68. The second kappa shape index (κ2) is 11.5. The molecule has 3 heterocycles. The number of anilines is 2. The van der Waals surface area contributed by atoms with Crippen molar-refractivity contribution >= 4 is 34.6 Å². The Morgan fingerprint density at radius 2 is 1.79 bits per heavy atom. The van der Waals surface area contributed by atoms with Gasteiger partial charge in [-0.2, -0.15) is 0 Å². The molecule has 0 unspecified atom stereocenters. The van der Waals surface area contributed by atoms with Crippen molar-refractivity contribution in [2.24, 2.45) is 0 Å². The second-order valence-corrected chi connectivity index (χ2v) is 9.25. The van der Waals surface area contributed by atoms with Gasteiger partial charge in [0.05, 0.1) is 31.6 Å². The predicted molar refractivity (Wildman–Crippen MR) is 154 cm³/mol. The Kier molecular flexibility index (Phi) is 7.76. The third kappa shape index (κ3) is 5.29. The number of ether oxygens (including phenoxy) is 3. The maximum Gasteiger partial charge on any atom is 0.250 e. The molecule has 2 aromatic heterocycles. The fraction of sp³-hybridized carbons (Fsp3) is 0.207. The number of aromatic nitrogens is 2. The fourth-order valence-electron chi connectivity index (χ4n) is 4.81. The van der Waals surface area contributed by atoms with Gasteiger partial charge in [-0.15, -0.1) is 0 Å². The molecule has 200 valence electrons. The van der Waals surface area contributed by atoms with E-state index < -0.39 is 0 Å². The second-order valence-electron chi connectivity index (χ2n) is 8.86. The van der Waals surface area contributed by atoms with Crippen LogP contribution in [0.5, 0.6) is 11.5 Å². The van der Waals surface area contributed by atoms with Crippen LogP contribution < -0.4 is 25.0 Å². The molecule has 10 heteroatoms. The fourth-order valence-corrected chi connectivity index (χ4v) is 5.15. The Bertz CT molecular complexity index is 1460. The van der Waals surface area contributed by atoms with Gasteiger partial charge in [0.1, 0.15) is 24.1 Å².